The second-order valence-electron chi connectivity index (χ2n) is 15.0. The summed E-state index contributed by atoms with van der Waals surface area (Å²) in [6.07, 6.45) is 14.8. The number of aliphatic hydroxyl groups excluding tert-OH is 1. The van der Waals surface area contributed by atoms with Gasteiger partial charge >= 0.3 is 5.97 Å². The molecule has 10 atom stereocenters. The highest BCUT2D eigenvalue weighted by Crippen LogP contribution is 2.67. The third-order valence-electron chi connectivity index (χ3n) is 12.9. The predicted octanol–water partition coefficient (Wildman–Crippen LogP) is 7.57. The summed E-state index contributed by atoms with van der Waals surface area (Å²) in [4.78, 5) is 25.6. The average Bonchev–Trinajstić information content (AvgIpc) is 3.38. The van der Waals surface area contributed by atoms with Gasteiger partial charge in [-0.05, 0) is 129 Å². The molecule has 4 aliphatic rings. The lowest BCUT2D eigenvalue weighted by Gasteiger charge is -2.61. The lowest BCUT2D eigenvalue weighted by atomic mass is 9.44. The quantitative estimate of drug-likeness (QED) is 0.172. The standard InChI is InChI=1S/C38H55NO5/c1-23(9-8-10-24(2)35(41)39-34(36(42)44-7)26-11-13-27(43-6)14-12-26)29-17-18-31-28-15-16-30-25(3)33(40)20-22-38(30,5)32(28)19-21-37(29,31)4/h10-14,18,23,25,28-30,32-34,40H,8-9,15-17,19-22H2,1-7H3,(H,39,41)/b24-10+/t23-,25+,28+,29-,30?,32+,33+,34+,37-,38+/m1/s1. The van der Waals surface area contributed by atoms with Gasteiger partial charge in [0.05, 0.1) is 20.3 Å². The lowest BCUT2D eigenvalue weighted by Crippen LogP contribution is -2.54. The summed E-state index contributed by atoms with van der Waals surface area (Å²) in [5.74, 6) is 3.63. The number of allylic oxidation sites excluding steroid dienone is 3. The summed E-state index contributed by atoms with van der Waals surface area (Å²) in [5.41, 5.74) is 3.65. The minimum atomic E-state index is -0.877. The Morgan fingerprint density at radius 1 is 1.07 bits per heavy atom. The Morgan fingerprint density at radius 3 is 2.48 bits per heavy atom. The van der Waals surface area contributed by atoms with Gasteiger partial charge in [0.1, 0.15) is 5.75 Å². The van der Waals surface area contributed by atoms with Crippen LogP contribution in [0.4, 0.5) is 0 Å². The molecule has 2 N–H and O–H groups in total. The van der Waals surface area contributed by atoms with E-state index in [-0.39, 0.29) is 17.4 Å². The number of carbonyl (C=O) groups excluding carboxylic acids is 2. The van der Waals surface area contributed by atoms with Crippen molar-refractivity contribution in [3.8, 4) is 5.75 Å². The molecule has 0 radical (unpaired) electrons. The third-order valence-corrected chi connectivity index (χ3v) is 12.9. The summed E-state index contributed by atoms with van der Waals surface area (Å²) in [6.45, 7) is 11.6. The van der Waals surface area contributed by atoms with Crippen LogP contribution in [0.2, 0.25) is 0 Å². The van der Waals surface area contributed by atoms with Gasteiger partial charge < -0.3 is 19.9 Å². The van der Waals surface area contributed by atoms with Crippen molar-refractivity contribution in [2.24, 2.45) is 46.3 Å². The number of hydrogen-bond acceptors (Lipinski definition) is 5. The Bertz CT molecular complexity index is 1270. The first-order valence-corrected chi connectivity index (χ1v) is 17.0. The molecular weight excluding hydrogens is 550 g/mol. The second kappa shape index (κ2) is 13.0. The largest absolute Gasteiger partial charge is 0.497 e. The molecule has 1 amide bonds. The molecule has 242 valence electrons. The fourth-order valence-corrected chi connectivity index (χ4v) is 10.2. The molecule has 6 heteroatoms. The number of esters is 1. The second-order valence-corrected chi connectivity index (χ2v) is 15.0. The number of amides is 1. The highest BCUT2D eigenvalue weighted by atomic mass is 16.5. The van der Waals surface area contributed by atoms with Crippen molar-refractivity contribution in [1.82, 2.24) is 5.32 Å². The van der Waals surface area contributed by atoms with Gasteiger partial charge in [-0.25, -0.2) is 4.79 Å². The number of rotatable bonds is 9. The number of benzene rings is 1. The maximum Gasteiger partial charge on any atom is 0.333 e. The molecule has 1 aromatic rings. The van der Waals surface area contributed by atoms with E-state index in [9.17, 15) is 14.7 Å². The lowest BCUT2D eigenvalue weighted by molar-refractivity contribution is -0.144. The van der Waals surface area contributed by atoms with Crippen molar-refractivity contribution in [1.29, 1.82) is 0 Å². The van der Waals surface area contributed by atoms with Gasteiger partial charge in [-0.3, -0.25) is 4.79 Å². The molecule has 1 aromatic carbocycles. The minimum absolute atomic E-state index is 0.124. The Morgan fingerprint density at radius 2 is 1.80 bits per heavy atom. The van der Waals surface area contributed by atoms with Crippen LogP contribution in [0.1, 0.15) is 104 Å². The van der Waals surface area contributed by atoms with Crippen LogP contribution in [-0.4, -0.2) is 37.3 Å². The molecule has 0 bridgehead atoms. The van der Waals surface area contributed by atoms with Crippen molar-refractivity contribution in [3.05, 3.63) is 53.1 Å². The van der Waals surface area contributed by atoms with E-state index in [0.29, 0.717) is 51.9 Å². The fourth-order valence-electron chi connectivity index (χ4n) is 10.2. The number of aliphatic hydroxyl groups is 1. The van der Waals surface area contributed by atoms with Crippen molar-refractivity contribution in [2.75, 3.05) is 14.2 Å². The van der Waals surface area contributed by atoms with Crippen LogP contribution in [0.15, 0.2) is 47.6 Å². The highest BCUT2D eigenvalue weighted by molar-refractivity contribution is 5.95. The minimum Gasteiger partial charge on any atom is -0.497 e. The topological polar surface area (TPSA) is 84.9 Å². The Labute approximate surface area is 265 Å². The molecule has 6 nitrogen and oxygen atoms in total. The van der Waals surface area contributed by atoms with Crippen molar-refractivity contribution in [3.63, 3.8) is 0 Å². The molecule has 5 rings (SSSR count). The first-order chi connectivity index (χ1) is 20.9. The van der Waals surface area contributed by atoms with Gasteiger partial charge in [-0.15, -0.1) is 0 Å². The molecule has 3 fully saturated rings. The van der Waals surface area contributed by atoms with Crippen LogP contribution in [0.5, 0.6) is 5.75 Å². The van der Waals surface area contributed by atoms with E-state index in [1.54, 1.807) is 36.9 Å². The Hall–Kier alpha value is -2.60. The van der Waals surface area contributed by atoms with Gasteiger partial charge in [0, 0.05) is 5.57 Å². The first kappa shape index (κ1) is 32.8. The number of nitrogens with one attached hydrogen (secondary N) is 1. The van der Waals surface area contributed by atoms with E-state index in [1.165, 1.54) is 39.2 Å². The molecule has 3 saturated carbocycles. The van der Waals surface area contributed by atoms with Gasteiger partial charge in [-0.2, -0.15) is 0 Å². The van der Waals surface area contributed by atoms with E-state index in [1.807, 2.05) is 13.0 Å². The number of methoxy groups -OCH3 is 2. The summed E-state index contributed by atoms with van der Waals surface area (Å²) >= 11 is 0. The van der Waals surface area contributed by atoms with Crippen molar-refractivity contribution < 1.29 is 24.2 Å². The molecule has 0 aromatic heterocycles. The molecule has 0 aliphatic heterocycles. The first-order valence-electron chi connectivity index (χ1n) is 17.0. The predicted molar refractivity (Wildman–Crippen MR) is 174 cm³/mol. The van der Waals surface area contributed by atoms with Gasteiger partial charge in [0.2, 0.25) is 5.91 Å². The zero-order valence-electron chi connectivity index (χ0n) is 28.0. The highest BCUT2D eigenvalue weighted by Gasteiger charge is 2.59. The van der Waals surface area contributed by atoms with Crippen LogP contribution in [-0.2, 0) is 14.3 Å². The van der Waals surface area contributed by atoms with E-state index < -0.39 is 12.0 Å². The monoisotopic (exact) mass is 605 g/mol. The van der Waals surface area contributed by atoms with Crippen LogP contribution in [0.25, 0.3) is 0 Å². The average molecular weight is 606 g/mol. The van der Waals surface area contributed by atoms with Crippen LogP contribution in [0.3, 0.4) is 0 Å². The maximum absolute atomic E-state index is 13.1. The number of carbonyl (C=O) groups is 2. The zero-order valence-corrected chi connectivity index (χ0v) is 28.0. The van der Waals surface area contributed by atoms with E-state index in [4.69, 9.17) is 9.47 Å². The van der Waals surface area contributed by atoms with Gasteiger partial charge in [-0.1, -0.05) is 57.6 Å². The van der Waals surface area contributed by atoms with Crippen LogP contribution < -0.4 is 10.1 Å². The SMILES string of the molecule is COC(=O)[C@@H](NC(=O)/C(C)=C/CC[C@@H](C)[C@H]1CC=C2[C@@H]3CCC4[C@H](C)[C@@H](O)CC[C@]4(C)[C@H]3CC[C@@]21C)c1ccc(OC)cc1. The molecule has 4 aliphatic carbocycles. The summed E-state index contributed by atoms with van der Waals surface area (Å²) in [5, 5.41) is 13.5. The number of ether oxygens (including phenoxy) is 2. The van der Waals surface area contributed by atoms with Gasteiger partial charge in [0.15, 0.2) is 6.04 Å². The molecule has 1 unspecified atom stereocenters. The van der Waals surface area contributed by atoms with Crippen LogP contribution in [0, 0.1) is 46.3 Å². The fraction of sp³-hybridized carbons (Fsp3) is 0.684. The number of hydrogen-bond donors (Lipinski definition) is 2. The molecular formula is C38H55NO5. The Balaban J connectivity index is 1.19. The van der Waals surface area contributed by atoms with Crippen molar-refractivity contribution >= 4 is 11.9 Å². The van der Waals surface area contributed by atoms with E-state index >= 15 is 0 Å². The molecule has 0 spiro atoms. The Kier molecular flexibility index (Phi) is 9.70. The zero-order chi connectivity index (χ0) is 31.8. The molecule has 0 saturated heterocycles. The van der Waals surface area contributed by atoms with Gasteiger partial charge in [0.25, 0.3) is 0 Å². The van der Waals surface area contributed by atoms with Crippen LogP contribution >= 0.6 is 0 Å². The normalized spacial score (nSPS) is 36.2. The molecule has 44 heavy (non-hydrogen) atoms. The molecule has 0 heterocycles. The summed E-state index contributed by atoms with van der Waals surface area (Å²) in [6, 6.07) is 6.20. The smallest absolute Gasteiger partial charge is 0.333 e. The summed E-state index contributed by atoms with van der Waals surface area (Å²) < 4.78 is 10.2. The third kappa shape index (κ3) is 5.88. The maximum atomic E-state index is 13.1. The summed E-state index contributed by atoms with van der Waals surface area (Å²) in [7, 11) is 2.92. The van der Waals surface area contributed by atoms with E-state index in [2.05, 4.69) is 39.1 Å². The number of fused-ring (bicyclic) bond motifs is 5. The van der Waals surface area contributed by atoms with Crippen molar-refractivity contribution in [2.45, 2.75) is 105 Å². The van der Waals surface area contributed by atoms with E-state index in [0.717, 1.165) is 31.6 Å².